The number of nitrogens with one attached hydrogen (secondary N) is 1. The molecule has 0 saturated carbocycles. The molecule has 0 aromatic heterocycles. The van der Waals surface area contributed by atoms with E-state index in [1.807, 2.05) is 37.3 Å². The second-order valence-corrected chi connectivity index (χ2v) is 5.13. The number of carbonyl (C=O) groups is 2. The minimum Gasteiger partial charge on any atom is -0.455 e. The van der Waals surface area contributed by atoms with Crippen molar-refractivity contribution in [2.45, 2.75) is 19.4 Å². The summed E-state index contributed by atoms with van der Waals surface area (Å²) in [5.74, 6) is -1.51. The Kier molecular flexibility index (Phi) is 5.86. The first kappa shape index (κ1) is 16.7. The van der Waals surface area contributed by atoms with Crippen LogP contribution in [0.25, 0.3) is 0 Å². The van der Waals surface area contributed by atoms with E-state index in [4.69, 9.17) is 4.74 Å². The van der Waals surface area contributed by atoms with Crippen LogP contribution >= 0.6 is 0 Å². The summed E-state index contributed by atoms with van der Waals surface area (Å²) in [4.78, 5) is 23.4. The maximum atomic E-state index is 13.4. The quantitative estimate of drug-likeness (QED) is 0.834. The molecule has 1 N–H and O–H groups in total. The molecule has 4 nitrogen and oxygen atoms in total. The molecule has 2 aromatic rings. The Balaban J connectivity index is 1.78. The predicted octanol–water partition coefficient (Wildman–Crippen LogP) is 2.79. The lowest BCUT2D eigenvalue weighted by Crippen LogP contribution is -2.31. The minimum atomic E-state index is -0.641. The van der Waals surface area contributed by atoms with Gasteiger partial charge in [0.05, 0.1) is 12.5 Å². The van der Waals surface area contributed by atoms with Crippen molar-refractivity contribution in [1.82, 2.24) is 5.32 Å². The summed E-state index contributed by atoms with van der Waals surface area (Å²) in [6.45, 7) is 1.46. The molecule has 2 rings (SSSR count). The van der Waals surface area contributed by atoms with Gasteiger partial charge in [0.15, 0.2) is 6.61 Å². The molecule has 0 heterocycles. The highest BCUT2D eigenvalue weighted by Crippen LogP contribution is 2.11. The van der Waals surface area contributed by atoms with Gasteiger partial charge in [-0.15, -0.1) is 0 Å². The van der Waals surface area contributed by atoms with Gasteiger partial charge >= 0.3 is 5.97 Å². The van der Waals surface area contributed by atoms with Crippen LogP contribution in [0.1, 0.15) is 24.1 Å². The van der Waals surface area contributed by atoms with E-state index in [1.165, 1.54) is 12.1 Å². The van der Waals surface area contributed by atoms with Gasteiger partial charge in [0.25, 0.3) is 5.91 Å². The van der Waals surface area contributed by atoms with E-state index in [0.717, 1.165) is 5.56 Å². The smallest absolute Gasteiger partial charge is 0.310 e. The van der Waals surface area contributed by atoms with Crippen molar-refractivity contribution in [2.75, 3.05) is 6.61 Å². The Morgan fingerprint density at radius 3 is 2.43 bits per heavy atom. The normalized spacial score (nSPS) is 11.6. The van der Waals surface area contributed by atoms with Crippen LogP contribution in [-0.4, -0.2) is 18.5 Å². The van der Waals surface area contributed by atoms with Crippen LogP contribution in [0.4, 0.5) is 4.39 Å². The molecule has 1 atom stereocenters. The molecule has 5 heteroatoms. The molecule has 0 saturated heterocycles. The third kappa shape index (κ3) is 5.21. The van der Waals surface area contributed by atoms with Gasteiger partial charge in [0.1, 0.15) is 5.82 Å². The summed E-state index contributed by atoms with van der Waals surface area (Å²) < 4.78 is 18.3. The molecule has 0 bridgehead atoms. The first-order valence-electron chi connectivity index (χ1n) is 7.29. The summed E-state index contributed by atoms with van der Waals surface area (Å²) >= 11 is 0. The number of benzene rings is 2. The summed E-state index contributed by atoms with van der Waals surface area (Å²) in [5, 5.41) is 2.74. The second-order valence-electron chi connectivity index (χ2n) is 5.13. The van der Waals surface area contributed by atoms with E-state index in [0.29, 0.717) is 0 Å². The zero-order valence-corrected chi connectivity index (χ0v) is 12.8. The number of carbonyl (C=O) groups excluding carboxylic acids is 2. The number of rotatable bonds is 6. The van der Waals surface area contributed by atoms with Gasteiger partial charge in [-0.25, -0.2) is 4.39 Å². The average Bonchev–Trinajstić information content (AvgIpc) is 2.56. The summed E-state index contributed by atoms with van der Waals surface area (Å²) in [5.41, 5.74) is 1.20. The average molecular weight is 315 g/mol. The minimum absolute atomic E-state index is 0.186. The first-order valence-corrected chi connectivity index (χ1v) is 7.29. The van der Waals surface area contributed by atoms with Crippen LogP contribution < -0.4 is 5.32 Å². The Bertz CT molecular complexity index is 673. The van der Waals surface area contributed by atoms with Gasteiger partial charge < -0.3 is 10.1 Å². The Labute approximate surface area is 134 Å². The van der Waals surface area contributed by atoms with E-state index < -0.39 is 17.7 Å². The topological polar surface area (TPSA) is 55.4 Å². The van der Waals surface area contributed by atoms with Crippen molar-refractivity contribution < 1.29 is 18.7 Å². The zero-order valence-electron chi connectivity index (χ0n) is 12.8. The van der Waals surface area contributed by atoms with Crippen LogP contribution in [0.2, 0.25) is 0 Å². The third-order valence-electron chi connectivity index (χ3n) is 3.33. The maximum Gasteiger partial charge on any atom is 0.310 e. The molecule has 0 aliphatic heterocycles. The van der Waals surface area contributed by atoms with Gasteiger partial charge in [0, 0.05) is 0 Å². The predicted molar refractivity (Wildman–Crippen MR) is 84.1 cm³/mol. The maximum absolute atomic E-state index is 13.4. The van der Waals surface area contributed by atoms with Gasteiger partial charge in [-0.05, 0) is 24.1 Å². The highest BCUT2D eigenvalue weighted by Gasteiger charge is 2.13. The van der Waals surface area contributed by atoms with E-state index in [9.17, 15) is 14.0 Å². The van der Waals surface area contributed by atoms with Crippen LogP contribution in [0.3, 0.4) is 0 Å². The van der Waals surface area contributed by atoms with Gasteiger partial charge in [-0.1, -0.05) is 48.5 Å². The van der Waals surface area contributed by atoms with Crippen molar-refractivity contribution >= 4 is 11.9 Å². The fourth-order valence-electron chi connectivity index (χ4n) is 2.10. The molecular formula is C18H18FNO3. The zero-order chi connectivity index (χ0) is 16.7. The van der Waals surface area contributed by atoms with E-state index >= 15 is 0 Å². The lowest BCUT2D eigenvalue weighted by Gasteiger charge is -2.14. The first-order chi connectivity index (χ1) is 11.1. The van der Waals surface area contributed by atoms with Crippen molar-refractivity contribution in [3.8, 4) is 0 Å². The molecule has 0 fully saturated rings. The van der Waals surface area contributed by atoms with Crippen LogP contribution in [0.15, 0.2) is 54.6 Å². The van der Waals surface area contributed by atoms with Crippen molar-refractivity contribution in [3.05, 3.63) is 71.5 Å². The van der Waals surface area contributed by atoms with Crippen LogP contribution in [-0.2, 0) is 20.7 Å². The number of hydrogen-bond donors (Lipinski definition) is 1. The van der Waals surface area contributed by atoms with E-state index in [2.05, 4.69) is 5.32 Å². The van der Waals surface area contributed by atoms with Crippen molar-refractivity contribution in [2.24, 2.45) is 0 Å². The van der Waals surface area contributed by atoms with Gasteiger partial charge in [-0.3, -0.25) is 9.59 Å². The SMILES string of the molecule is C[C@@H](NC(=O)COC(=O)Cc1ccccc1F)c1ccccc1. The number of amides is 1. The molecule has 0 aliphatic carbocycles. The number of esters is 1. The molecule has 120 valence electrons. The monoisotopic (exact) mass is 315 g/mol. The Morgan fingerprint density at radius 1 is 1.09 bits per heavy atom. The molecular weight excluding hydrogens is 297 g/mol. The Morgan fingerprint density at radius 2 is 1.74 bits per heavy atom. The number of halogens is 1. The lowest BCUT2D eigenvalue weighted by molar-refractivity contribution is -0.148. The molecule has 0 radical (unpaired) electrons. The highest BCUT2D eigenvalue weighted by atomic mass is 19.1. The third-order valence-corrected chi connectivity index (χ3v) is 3.33. The van der Waals surface area contributed by atoms with Crippen LogP contribution in [0, 0.1) is 5.82 Å². The number of hydrogen-bond acceptors (Lipinski definition) is 3. The molecule has 0 aliphatic rings. The van der Waals surface area contributed by atoms with Crippen LogP contribution in [0.5, 0.6) is 0 Å². The summed E-state index contributed by atoms with van der Waals surface area (Å²) in [7, 11) is 0. The standard InChI is InChI=1S/C18H18FNO3/c1-13(14-7-3-2-4-8-14)20-17(21)12-23-18(22)11-15-9-5-6-10-16(15)19/h2-10,13H,11-12H2,1H3,(H,20,21)/t13-/m1/s1. The Hall–Kier alpha value is -2.69. The van der Waals surface area contributed by atoms with Crippen molar-refractivity contribution in [1.29, 1.82) is 0 Å². The summed E-state index contributed by atoms with van der Waals surface area (Å²) in [6.07, 6.45) is -0.200. The van der Waals surface area contributed by atoms with E-state index in [1.54, 1.807) is 12.1 Å². The molecule has 1 amide bonds. The molecule has 0 unspecified atom stereocenters. The summed E-state index contributed by atoms with van der Waals surface area (Å²) in [6, 6.07) is 15.2. The highest BCUT2D eigenvalue weighted by molar-refractivity contribution is 5.81. The van der Waals surface area contributed by atoms with E-state index in [-0.39, 0.29) is 24.6 Å². The lowest BCUT2D eigenvalue weighted by atomic mass is 10.1. The molecule has 0 spiro atoms. The molecule has 2 aromatic carbocycles. The van der Waals surface area contributed by atoms with Crippen molar-refractivity contribution in [3.63, 3.8) is 0 Å². The molecule has 23 heavy (non-hydrogen) atoms. The van der Waals surface area contributed by atoms with Gasteiger partial charge in [0.2, 0.25) is 0 Å². The number of ether oxygens (including phenoxy) is 1. The fourth-order valence-corrected chi connectivity index (χ4v) is 2.10. The largest absolute Gasteiger partial charge is 0.455 e. The second kappa shape index (κ2) is 8.08. The fraction of sp³-hybridized carbons (Fsp3) is 0.222. The van der Waals surface area contributed by atoms with Gasteiger partial charge in [-0.2, -0.15) is 0 Å².